The van der Waals surface area contributed by atoms with E-state index >= 15 is 0 Å². The molecule has 4 aromatic carbocycles. The number of benzene rings is 4. The summed E-state index contributed by atoms with van der Waals surface area (Å²) in [6.07, 6.45) is -0.641. The molecule has 1 aromatic heterocycles. The first-order chi connectivity index (χ1) is 31.2. The Hall–Kier alpha value is -7.07. The molecular formula is C48H53N7O9. The van der Waals surface area contributed by atoms with E-state index in [1.165, 1.54) is 9.80 Å². The first-order valence-corrected chi connectivity index (χ1v) is 21.7. The summed E-state index contributed by atoms with van der Waals surface area (Å²) in [5, 5.41) is 5.60. The Labute approximate surface area is 371 Å². The molecule has 4 N–H and O–H groups in total. The van der Waals surface area contributed by atoms with Gasteiger partial charge in [-0.3, -0.25) is 19.2 Å². The average Bonchev–Trinajstić information content (AvgIpc) is 3.97. The summed E-state index contributed by atoms with van der Waals surface area (Å²) in [5.74, 6) is -2.10. The van der Waals surface area contributed by atoms with Gasteiger partial charge in [-0.2, -0.15) is 0 Å². The molecule has 0 radical (unpaired) electrons. The van der Waals surface area contributed by atoms with E-state index < -0.39 is 54.0 Å². The number of ether oxygens (including phenoxy) is 2. The van der Waals surface area contributed by atoms with Gasteiger partial charge in [-0.05, 0) is 74.0 Å². The summed E-state index contributed by atoms with van der Waals surface area (Å²) in [7, 11) is 0. The summed E-state index contributed by atoms with van der Waals surface area (Å²) in [6.45, 7) is 1.18. The second kappa shape index (κ2) is 21.8. The van der Waals surface area contributed by atoms with Crippen LogP contribution in [0.15, 0.2) is 120 Å². The number of aromatic nitrogens is 1. The minimum atomic E-state index is -1.21. The highest BCUT2D eigenvalue weighted by atomic mass is 16.6. The Kier molecular flexibility index (Phi) is 15.3. The number of carbonyl (C=O) groups excluding carboxylic acids is 6. The molecule has 5 aromatic rings. The number of rotatable bonds is 17. The maximum atomic E-state index is 14.8. The summed E-state index contributed by atoms with van der Waals surface area (Å²) in [4.78, 5) is 92.1. The van der Waals surface area contributed by atoms with Crippen LogP contribution in [0.5, 0.6) is 0 Å². The lowest BCUT2D eigenvalue weighted by molar-refractivity contribution is -0.140. The number of aryl methyl sites for hydroxylation is 1. The minimum Gasteiger partial charge on any atom is -0.445 e. The summed E-state index contributed by atoms with van der Waals surface area (Å²) >= 11 is 0. The van der Waals surface area contributed by atoms with Crippen molar-refractivity contribution in [2.45, 2.75) is 69.4 Å². The maximum Gasteiger partial charge on any atom is 0.410 e. The number of para-hydroxylation sites is 2. The van der Waals surface area contributed by atoms with Gasteiger partial charge in [0.2, 0.25) is 17.6 Å². The average molecular weight is 872 g/mol. The van der Waals surface area contributed by atoms with Crippen LogP contribution in [0.25, 0.3) is 11.1 Å². The van der Waals surface area contributed by atoms with E-state index in [9.17, 15) is 28.8 Å². The number of nitrogens with one attached hydrogen (secondary N) is 2. The third-order valence-electron chi connectivity index (χ3n) is 11.4. The lowest BCUT2D eigenvalue weighted by Crippen LogP contribution is -2.55. The number of piperazine rings is 1. The number of unbranched alkanes of at least 4 members (excludes halogenated alkanes) is 1. The Morgan fingerprint density at radius 1 is 0.734 bits per heavy atom. The van der Waals surface area contributed by atoms with Crippen LogP contribution in [-0.2, 0) is 32.1 Å². The molecule has 0 spiro atoms. The zero-order chi connectivity index (χ0) is 44.8. The van der Waals surface area contributed by atoms with E-state index in [1.54, 1.807) is 53.4 Å². The molecule has 0 saturated carbocycles. The highest BCUT2D eigenvalue weighted by Gasteiger charge is 2.45. The third kappa shape index (κ3) is 11.7. The molecule has 0 bridgehead atoms. The lowest BCUT2D eigenvalue weighted by Gasteiger charge is -2.34. The van der Waals surface area contributed by atoms with Crippen LogP contribution in [0.3, 0.4) is 0 Å². The van der Waals surface area contributed by atoms with Crippen LogP contribution in [0.4, 0.5) is 9.59 Å². The van der Waals surface area contributed by atoms with Crippen LogP contribution in [0.2, 0.25) is 0 Å². The van der Waals surface area contributed by atoms with Crippen molar-refractivity contribution in [2.24, 2.45) is 5.73 Å². The molecule has 2 aliphatic rings. The standard InChI is InChI=1S/C48H53N7O9/c49-25-13-12-21-38(42(56)44-51-37-20-10-11-22-41(37)64-44)50-43(57)40-30-36(63-48(61)54-28-26-53(27-29-54)45(58)35-18-8-3-9-19-35)31-55(40)46(59)39(24-23-33-14-4-1-5-15-33)52-47(60)62-32-34-16-6-2-7-17-34/h1-11,14-20,22,36,38-40H,12-13,21,23-32,49H2,(H,50,57)(H,52,60)/t36-,38+,39-,40+/m1/s1. The SMILES string of the molecule is NCCCC[C@H](NC(=O)[C@@H]1C[C@@H](OC(=O)N2CCN(C(=O)c3ccccc3)CC2)CN1C(=O)[C@@H](CCc1ccccc1)NC(=O)OCc1ccccc1)C(=O)c1nc2ccccc2o1. The first kappa shape index (κ1) is 45.0. The third-order valence-corrected chi connectivity index (χ3v) is 11.4. The predicted octanol–water partition coefficient (Wildman–Crippen LogP) is 5.12. The smallest absolute Gasteiger partial charge is 0.410 e. The Morgan fingerprint density at radius 3 is 2.06 bits per heavy atom. The molecule has 7 rings (SSSR count). The van der Waals surface area contributed by atoms with Crippen molar-refractivity contribution in [3.63, 3.8) is 0 Å². The molecule has 4 atom stereocenters. The molecule has 5 amide bonds. The van der Waals surface area contributed by atoms with Crippen molar-refractivity contribution < 1.29 is 42.7 Å². The molecule has 0 unspecified atom stereocenters. The van der Waals surface area contributed by atoms with Crippen molar-refractivity contribution in [3.8, 4) is 0 Å². The van der Waals surface area contributed by atoms with E-state index in [2.05, 4.69) is 15.6 Å². The fourth-order valence-electron chi connectivity index (χ4n) is 7.92. The van der Waals surface area contributed by atoms with E-state index in [0.717, 1.165) is 11.1 Å². The summed E-state index contributed by atoms with van der Waals surface area (Å²) in [5.41, 5.74) is 8.91. The second-order valence-electron chi connectivity index (χ2n) is 15.9. The highest BCUT2D eigenvalue weighted by molar-refractivity contribution is 6.01. The molecule has 64 heavy (non-hydrogen) atoms. The number of amides is 5. The molecule has 2 saturated heterocycles. The van der Waals surface area contributed by atoms with Crippen LogP contribution in [0.1, 0.15) is 64.3 Å². The van der Waals surface area contributed by atoms with Crippen molar-refractivity contribution >= 4 is 46.8 Å². The van der Waals surface area contributed by atoms with Gasteiger partial charge >= 0.3 is 12.2 Å². The topological polar surface area (TPSA) is 207 Å². The molecule has 334 valence electrons. The molecule has 16 nitrogen and oxygen atoms in total. The fourth-order valence-corrected chi connectivity index (χ4v) is 7.92. The van der Waals surface area contributed by atoms with Gasteiger partial charge in [0.1, 0.15) is 30.3 Å². The second-order valence-corrected chi connectivity index (χ2v) is 15.9. The van der Waals surface area contributed by atoms with E-state index in [4.69, 9.17) is 19.6 Å². The largest absolute Gasteiger partial charge is 0.445 e. The van der Waals surface area contributed by atoms with Crippen LogP contribution in [-0.4, -0.2) is 119 Å². The van der Waals surface area contributed by atoms with Gasteiger partial charge < -0.3 is 45.0 Å². The minimum absolute atomic E-state index is 0.0343. The van der Waals surface area contributed by atoms with Crippen molar-refractivity contribution in [2.75, 3.05) is 39.3 Å². The zero-order valence-electron chi connectivity index (χ0n) is 35.5. The van der Waals surface area contributed by atoms with E-state index in [-0.39, 0.29) is 70.4 Å². The number of carbonyl (C=O) groups is 6. The van der Waals surface area contributed by atoms with Gasteiger partial charge in [-0.15, -0.1) is 0 Å². The number of ketones is 1. The first-order valence-electron chi connectivity index (χ1n) is 21.7. The van der Waals surface area contributed by atoms with Crippen LogP contribution >= 0.6 is 0 Å². The van der Waals surface area contributed by atoms with Gasteiger partial charge in [-0.25, -0.2) is 14.6 Å². The maximum absolute atomic E-state index is 14.8. The highest BCUT2D eigenvalue weighted by Crippen LogP contribution is 2.26. The number of nitrogens with two attached hydrogens (primary N) is 1. The summed E-state index contributed by atoms with van der Waals surface area (Å²) in [6, 6.07) is 30.9. The normalized spacial score (nSPS) is 17.0. The lowest BCUT2D eigenvalue weighted by atomic mass is 10.0. The van der Waals surface area contributed by atoms with Gasteiger partial charge in [0, 0.05) is 38.2 Å². The predicted molar refractivity (Wildman–Crippen MR) is 236 cm³/mol. The van der Waals surface area contributed by atoms with Crippen LogP contribution < -0.4 is 16.4 Å². The number of likely N-dealkylation sites (tertiary alicyclic amines) is 1. The molecule has 0 aliphatic carbocycles. The van der Waals surface area contributed by atoms with E-state index in [0.29, 0.717) is 42.5 Å². The number of hydrogen-bond donors (Lipinski definition) is 3. The quantitative estimate of drug-likeness (QED) is 0.0826. The van der Waals surface area contributed by atoms with Gasteiger partial charge in [0.25, 0.3) is 11.8 Å². The Morgan fingerprint density at radius 2 is 1.38 bits per heavy atom. The monoisotopic (exact) mass is 871 g/mol. The number of Topliss-reactive ketones (excluding diaryl/α,β-unsaturated/α-hetero) is 1. The number of hydrogen-bond acceptors (Lipinski definition) is 11. The fraction of sp³-hybridized carbons (Fsp3) is 0.354. The Balaban J connectivity index is 1.10. The number of oxazole rings is 1. The van der Waals surface area contributed by atoms with Gasteiger partial charge in [-0.1, -0.05) is 91.0 Å². The molecular weight excluding hydrogens is 819 g/mol. The van der Waals surface area contributed by atoms with Gasteiger partial charge in [0.15, 0.2) is 5.58 Å². The number of nitrogens with zero attached hydrogens (tertiary/aromatic N) is 4. The number of fused-ring (bicyclic) bond motifs is 1. The number of alkyl carbamates (subject to hydrolysis) is 1. The summed E-state index contributed by atoms with van der Waals surface area (Å²) < 4.78 is 17.3. The molecule has 2 fully saturated rings. The van der Waals surface area contributed by atoms with Crippen molar-refractivity contribution in [3.05, 3.63) is 138 Å². The van der Waals surface area contributed by atoms with Gasteiger partial charge in [0.05, 0.1) is 12.6 Å². The van der Waals surface area contributed by atoms with Crippen LogP contribution in [0, 0.1) is 0 Å². The van der Waals surface area contributed by atoms with Crippen molar-refractivity contribution in [1.29, 1.82) is 0 Å². The molecule has 16 heteroatoms. The molecule has 2 aliphatic heterocycles. The Bertz CT molecular complexity index is 2340. The molecule has 3 heterocycles. The van der Waals surface area contributed by atoms with Crippen molar-refractivity contribution in [1.82, 2.24) is 30.3 Å². The zero-order valence-corrected chi connectivity index (χ0v) is 35.5. The van der Waals surface area contributed by atoms with E-state index in [1.807, 2.05) is 66.7 Å².